The summed E-state index contributed by atoms with van der Waals surface area (Å²) in [6.45, 7) is 5.40. The summed E-state index contributed by atoms with van der Waals surface area (Å²) in [5.41, 5.74) is -1.02. The average Bonchev–Trinajstić information content (AvgIpc) is 3.34. The van der Waals surface area contributed by atoms with Crippen LogP contribution in [0.15, 0.2) is 41.8 Å². The molecule has 0 fully saturated rings. The second-order valence-corrected chi connectivity index (χ2v) is 9.68. The molecule has 0 N–H and O–H groups in total. The van der Waals surface area contributed by atoms with Crippen LogP contribution < -0.4 is 22.5 Å². The zero-order valence-electron chi connectivity index (χ0n) is 22.4. The van der Waals surface area contributed by atoms with Gasteiger partial charge in [0.25, 0.3) is 11.1 Å². The molecule has 4 aromatic heterocycles. The molecule has 0 spiro atoms. The lowest BCUT2D eigenvalue weighted by atomic mass is 10.2. The topological polar surface area (TPSA) is 140 Å². The second-order valence-electron chi connectivity index (χ2n) is 9.68. The Hall–Kier alpha value is -4.48. The Balaban J connectivity index is 1.97. The van der Waals surface area contributed by atoms with Gasteiger partial charge in [-0.3, -0.25) is 28.1 Å². The fraction of sp³-hybridized carbons (Fsp3) is 0.407. The molecule has 39 heavy (non-hydrogen) atoms. The number of aryl methyl sites for hydroxylation is 1. The number of furan rings is 1. The Bertz CT molecular complexity index is 2040. The van der Waals surface area contributed by atoms with Crippen LogP contribution in [0.3, 0.4) is 0 Å². The van der Waals surface area contributed by atoms with Crippen LogP contribution in [-0.4, -0.2) is 35.8 Å². The van der Waals surface area contributed by atoms with Gasteiger partial charge in [0, 0.05) is 44.4 Å². The van der Waals surface area contributed by atoms with Crippen molar-refractivity contribution in [2.45, 2.75) is 52.6 Å². The molecule has 5 aromatic rings. The Morgan fingerprint density at radius 2 is 1.74 bits per heavy atom. The molecule has 0 bridgehead atoms. The number of nitrogens with zero attached hydrogens (tertiary/aromatic N) is 5. The number of fused-ring (bicyclic) bond motifs is 6. The molecule has 1 atom stereocenters. The molecule has 0 aliphatic carbocycles. The predicted molar refractivity (Wildman–Crippen MR) is 146 cm³/mol. The number of hydrogen-bond acceptors (Lipinski definition) is 8. The maximum absolute atomic E-state index is 13.7. The lowest BCUT2D eigenvalue weighted by Gasteiger charge is -2.18. The normalized spacial score (nSPS) is 12.6. The zero-order valence-corrected chi connectivity index (χ0v) is 22.4. The van der Waals surface area contributed by atoms with Crippen LogP contribution in [0.4, 0.5) is 0 Å². The van der Waals surface area contributed by atoms with Crippen LogP contribution in [0.1, 0.15) is 46.1 Å². The van der Waals surface area contributed by atoms with E-state index in [0.717, 1.165) is 15.6 Å². The van der Waals surface area contributed by atoms with Gasteiger partial charge in [-0.15, -0.1) is 0 Å². The lowest BCUT2D eigenvalue weighted by Crippen LogP contribution is -2.36. The van der Waals surface area contributed by atoms with E-state index < -0.39 is 34.5 Å². The minimum absolute atomic E-state index is 0.00354. The van der Waals surface area contributed by atoms with E-state index in [-0.39, 0.29) is 35.3 Å². The summed E-state index contributed by atoms with van der Waals surface area (Å²) >= 11 is 0. The summed E-state index contributed by atoms with van der Waals surface area (Å²) in [7, 11) is 2.92. The second kappa shape index (κ2) is 9.68. The SMILES string of the molecule is CCCCn1c(=O)nc2c(c1=O)c1ccc3c(cc1n2[C@H](CC)COC(C)=O)oc1c3c(=O)n(C)c(=O)n1C. The molecular weight excluding hydrogens is 506 g/mol. The summed E-state index contributed by atoms with van der Waals surface area (Å²) in [5, 5.41) is 1.46. The van der Waals surface area contributed by atoms with Crippen LogP contribution in [0.5, 0.6) is 0 Å². The quantitative estimate of drug-likeness (QED) is 0.289. The fourth-order valence-corrected chi connectivity index (χ4v) is 5.12. The first-order valence-corrected chi connectivity index (χ1v) is 12.8. The smallest absolute Gasteiger partial charge is 0.352 e. The standard InChI is InChI=1S/C27H29N5O7/c1-6-8-11-31-24(35)20-16-9-10-17-19(39-25-21(17)23(34)29(4)27(37)30(25)5)12-18(16)32(22(20)28-26(31)36)15(7-2)13-38-14(3)33/h9-10,12,15H,6-8,11,13H2,1-5H3/t15-/m1/s1. The van der Waals surface area contributed by atoms with Gasteiger partial charge in [0.1, 0.15) is 17.6 Å². The Labute approximate surface area is 220 Å². The lowest BCUT2D eigenvalue weighted by molar-refractivity contribution is -0.142. The van der Waals surface area contributed by atoms with Crippen LogP contribution in [0.2, 0.25) is 0 Å². The molecule has 0 saturated heterocycles. The number of carbonyl (C=O) groups is 1. The van der Waals surface area contributed by atoms with Gasteiger partial charge in [0.15, 0.2) is 5.65 Å². The van der Waals surface area contributed by atoms with Crippen molar-refractivity contribution in [3.63, 3.8) is 0 Å². The van der Waals surface area contributed by atoms with E-state index in [9.17, 15) is 24.0 Å². The highest BCUT2D eigenvalue weighted by Gasteiger charge is 2.25. The first kappa shape index (κ1) is 26.1. The van der Waals surface area contributed by atoms with Crippen molar-refractivity contribution in [2.75, 3.05) is 6.61 Å². The maximum Gasteiger partial charge on any atom is 0.352 e. The van der Waals surface area contributed by atoms with Crippen LogP contribution in [0.25, 0.3) is 44.0 Å². The molecule has 0 amide bonds. The summed E-state index contributed by atoms with van der Waals surface area (Å²) in [6.07, 6.45) is 1.93. The highest BCUT2D eigenvalue weighted by Crippen LogP contribution is 2.33. The number of aromatic nitrogens is 5. The molecule has 0 aliphatic heterocycles. The van der Waals surface area contributed by atoms with Gasteiger partial charge in [-0.05, 0) is 18.9 Å². The Morgan fingerprint density at radius 1 is 1.03 bits per heavy atom. The zero-order chi connectivity index (χ0) is 28.2. The number of ether oxygens (including phenoxy) is 1. The van der Waals surface area contributed by atoms with E-state index in [2.05, 4.69) is 4.98 Å². The van der Waals surface area contributed by atoms with E-state index in [4.69, 9.17) is 9.15 Å². The minimum atomic E-state index is -0.649. The summed E-state index contributed by atoms with van der Waals surface area (Å²) in [4.78, 5) is 68.2. The largest absolute Gasteiger partial charge is 0.464 e. The van der Waals surface area contributed by atoms with E-state index >= 15 is 0 Å². The van der Waals surface area contributed by atoms with Gasteiger partial charge in [-0.2, -0.15) is 4.98 Å². The van der Waals surface area contributed by atoms with Gasteiger partial charge in [0.05, 0.1) is 16.9 Å². The summed E-state index contributed by atoms with van der Waals surface area (Å²) < 4.78 is 16.5. The molecular formula is C27H29N5O7. The minimum Gasteiger partial charge on any atom is -0.464 e. The van der Waals surface area contributed by atoms with Gasteiger partial charge in [-0.25, -0.2) is 9.59 Å². The summed E-state index contributed by atoms with van der Waals surface area (Å²) in [6, 6.07) is 4.59. The van der Waals surface area contributed by atoms with E-state index in [1.165, 1.54) is 25.6 Å². The van der Waals surface area contributed by atoms with E-state index in [1.807, 2.05) is 13.8 Å². The highest BCUT2D eigenvalue weighted by atomic mass is 16.5. The maximum atomic E-state index is 13.7. The highest BCUT2D eigenvalue weighted by molar-refractivity contribution is 6.11. The molecule has 1 aromatic carbocycles. The van der Waals surface area contributed by atoms with Crippen molar-refractivity contribution in [1.29, 1.82) is 0 Å². The predicted octanol–water partition coefficient (Wildman–Crippen LogP) is 2.32. The molecule has 4 heterocycles. The number of unbranched alkanes of at least 4 members (excludes halogenated alkanes) is 1. The molecule has 12 nitrogen and oxygen atoms in total. The fourth-order valence-electron chi connectivity index (χ4n) is 5.12. The van der Waals surface area contributed by atoms with Crippen molar-refractivity contribution < 1.29 is 13.9 Å². The molecule has 0 aliphatic rings. The van der Waals surface area contributed by atoms with Crippen molar-refractivity contribution >= 4 is 50.0 Å². The van der Waals surface area contributed by atoms with Crippen molar-refractivity contribution in [2.24, 2.45) is 14.1 Å². The Morgan fingerprint density at radius 3 is 2.41 bits per heavy atom. The first-order chi connectivity index (χ1) is 18.6. The van der Waals surface area contributed by atoms with E-state index in [1.54, 1.807) is 22.8 Å². The van der Waals surface area contributed by atoms with Crippen LogP contribution >= 0.6 is 0 Å². The Kier molecular flexibility index (Phi) is 6.49. The van der Waals surface area contributed by atoms with Gasteiger partial charge >= 0.3 is 17.3 Å². The molecule has 12 heteroatoms. The monoisotopic (exact) mass is 535 g/mol. The van der Waals surface area contributed by atoms with Gasteiger partial charge in [0.2, 0.25) is 5.71 Å². The van der Waals surface area contributed by atoms with Gasteiger partial charge in [-0.1, -0.05) is 26.3 Å². The number of carbonyl (C=O) groups excluding carboxylic acids is 1. The van der Waals surface area contributed by atoms with Crippen molar-refractivity contribution in [3.05, 3.63) is 59.9 Å². The van der Waals surface area contributed by atoms with E-state index in [0.29, 0.717) is 34.7 Å². The molecule has 0 saturated carbocycles. The summed E-state index contributed by atoms with van der Waals surface area (Å²) in [5.74, 6) is -0.462. The van der Waals surface area contributed by atoms with Crippen molar-refractivity contribution in [1.82, 2.24) is 23.3 Å². The first-order valence-electron chi connectivity index (χ1n) is 12.8. The van der Waals surface area contributed by atoms with Crippen molar-refractivity contribution in [3.8, 4) is 0 Å². The van der Waals surface area contributed by atoms with Crippen LogP contribution in [-0.2, 0) is 30.2 Å². The third-order valence-corrected chi connectivity index (χ3v) is 7.24. The molecule has 5 rings (SSSR count). The van der Waals surface area contributed by atoms with Gasteiger partial charge < -0.3 is 13.7 Å². The third-order valence-electron chi connectivity index (χ3n) is 7.24. The average molecular weight is 536 g/mol. The third kappa shape index (κ3) is 3.98. The molecule has 204 valence electrons. The van der Waals surface area contributed by atoms with Crippen LogP contribution in [0, 0.1) is 0 Å². The molecule has 0 radical (unpaired) electrons. The number of hydrogen-bond donors (Lipinski definition) is 0. The number of rotatable bonds is 7. The number of esters is 1. The molecule has 0 unspecified atom stereocenters.